The second-order valence-electron chi connectivity index (χ2n) is 4.69. The summed E-state index contributed by atoms with van der Waals surface area (Å²) in [5, 5.41) is 0.449. The molecule has 0 aliphatic rings. The van der Waals surface area contributed by atoms with Crippen molar-refractivity contribution in [2.24, 2.45) is 0 Å². The van der Waals surface area contributed by atoms with E-state index in [1.54, 1.807) is 42.0 Å². The summed E-state index contributed by atoms with van der Waals surface area (Å²) in [6, 6.07) is 7.77. The van der Waals surface area contributed by atoms with Crippen molar-refractivity contribution < 1.29 is 9.18 Å². The van der Waals surface area contributed by atoms with Crippen LogP contribution in [-0.2, 0) is 0 Å². The molecule has 0 spiro atoms. The van der Waals surface area contributed by atoms with Crippen molar-refractivity contribution in [2.75, 3.05) is 0 Å². The average Bonchev–Trinajstić information content (AvgIpc) is 2.96. The van der Waals surface area contributed by atoms with E-state index in [1.165, 1.54) is 12.1 Å². The molecule has 0 aliphatic heterocycles. The van der Waals surface area contributed by atoms with Crippen LogP contribution in [0.25, 0.3) is 16.8 Å². The second kappa shape index (κ2) is 5.30. The largest absolute Gasteiger partial charge is 0.297 e. The van der Waals surface area contributed by atoms with Gasteiger partial charge in [0.2, 0.25) is 0 Å². The fourth-order valence-corrected chi connectivity index (χ4v) is 2.63. The molecule has 5 heteroatoms. The predicted molar refractivity (Wildman–Crippen MR) is 80.2 cm³/mol. The maximum atomic E-state index is 13.5. The first-order valence-corrected chi connectivity index (χ1v) is 6.93. The molecule has 3 rings (SSSR count). The molecule has 0 radical (unpaired) electrons. The van der Waals surface area contributed by atoms with Gasteiger partial charge in [-0.25, -0.2) is 9.37 Å². The summed E-state index contributed by atoms with van der Waals surface area (Å²) in [7, 11) is 0. The minimum Gasteiger partial charge on any atom is -0.297 e. The number of hydrogen-bond acceptors (Lipinski definition) is 2. The van der Waals surface area contributed by atoms with Gasteiger partial charge in [-0.05, 0) is 18.2 Å². The molecule has 0 atom stereocenters. The fourth-order valence-electron chi connectivity index (χ4n) is 2.38. The molecule has 21 heavy (non-hydrogen) atoms. The van der Waals surface area contributed by atoms with E-state index in [-0.39, 0.29) is 11.6 Å². The Bertz CT molecular complexity index is 841. The van der Waals surface area contributed by atoms with Crippen LogP contribution in [0.3, 0.4) is 0 Å². The summed E-state index contributed by atoms with van der Waals surface area (Å²) in [6.45, 7) is 1.78. The summed E-state index contributed by atoms with van der Waals surface area (Å²) in [5.74, 6) is -0.405. The van der Waals surface area contributed by atoms with Crippen molar-refractivity contribution in [3.8, 4) is 11.3 Å². The van der Waals surface area contributed by atoms with E-state index in [0.717, 1.165) is 0 Å². The number of halogens is 2. The number of fused-ring (bicyclic) bond motifs is 1. The van der Waals surface area contributed by atoms with E-state index in [0.29, 0.717) is 33.8 Å². The van der Waals surface area contributed by atoms with Gasteiger partial charge in [0.25, 0.3) is 0 Å². The normalized spacial score (nSPS) is 11.0. The summed E-state index contributed by atoms with van der Waals surface area (Å²) < 4.78 is 15.3. The smallest absolute Gasteiger partial charge is 0.164 e. The number of carbonyl (C=O) groups excluding carboxylic acids is 1. The highest BCUT2D eigenvalue weighted by atomic mass is 35.5. The minimum atomic E-state index is -0.356. The average molecular weight is 303 g/mol. The Kier molecular flexibility index (Phi) is 3.47. The molecular formula is C16H12ClFN2O. The van der Waals surface area contributed by atoms with Crippen LogP contribution in [0.1, 0.15) is 23.7 Å². The van der Waals surface area contributed by atoms with E-state index in [1.807, 2.05) is 0 Å². The zero-order chi connectivity index (χ0) is 15.0. The number of aromatic nitrogens is 2. The summed E-state index contributed by atoms with van der Waals surface area (Å²) in [6.07, 6.45) is 3.54. The molecule has 1 aromatic carbocycles. The Morgan fingerprint density at radius 1 is 1.38 bits per heavy atom. The molecule has 3 nitrogen and oxygen atoms in total. The van der Waals surface area contributed by atoms with Gasteiger partial charge in [-0.15, -0.1) is 0 Å². The predicted octanol–water partition coefficient (Wildman–Crippen LogP) is 4.39. The zero-order valence-corrected chi connectivity index (χ0v) is 12.1. The Balaban J connectivity index is 2.40. The SMILES string of the molecule is CCC(=O)c1cc(Cl)c2cncn2c1-c1cccc(F)c1. The monoisotopic (exact) mass is 302 g/mol. The van der Waals surface area contributed by atoms with Crippen LogP contribution in [0.2, 0.25) is 5.02 Å². The van der Waals surface area contributed by atoms with Gasteiger partial charge in [-0.2, -0.15) is 0 Å². The molecule has 0 fully saturated rings. The lowest BCUT2D eigenvalue weighted by Crippen LogP contribution is -2.05. The Morgan fingerprint density at radius 2 is 2.19 bits per heavy atom. The topological polar surface area (TPSA) is 34.4 Å². The van der Waals surface area contributed by atoms with Gasteiger partial charge in [-0.1, -0.05) is 30.7 Å². The van der Waals surface area contributed by atoms with E-state index in [9.17, 15) is 9.18 Å². The third-order valence-electron chi connectivity index (χ3n) is 3.37. The van der Waals surface area contributed by atoms with Crippen molar-refractivity contribution in [3.05, 3.63) is 59.3 Å². The molecule has 0 N–H and O–H groups in total. The Hall–Kier alpha value is -2.20. The fraction of sp³-hybridized carbons (Fsp3) is 0.125. The number of ketones is 1. The van der Waals surface area contributed by atoms with Crippen LogP contribution in [0.15, 0.2) is 42.9 Å². The van der Waals surface area contributed by atoms with Crippen molar-refractivity contribution in [3.63, 3.8) is 0 Å². The Labute approximate surface area is 126 Å². The van der Waals surface area contributed by atoms with Crippen LogP contribution in [0.4, 0.5) is 4.39 Å². The van der Waals surface area contributed by atoms with Gasteiger partial charge in [0.05, 0.1) is 28.8 Å². The molecule has 0 bridgehead atoms. The highest BCUT2D eigenvalue weighted by molar-refractivity contribution is 6.34. The summed E-state index contributed by atoms with van der Waals surface area (Å²) >= 11 is 6.21. The van der Waals surface area contributed by atoms with E-state index < -0.39 is 0 Å². The van der Waals surface area contributed by atoms with Crippen LogP contribution in [-0.4, -0.2) is 15.2 Å². The number of rotatable bonds is 3. The van der Waals surface area contributed by atoms with E-state index in [2.05, 4.69) is 4.98 Å². The third-order valence-corrected chi connectivity index (χ3v) is 3.67. The van der Waals surface area contributed by atoms with Gasteiger partial charge in [0, 0.05) is 17.5 Å². The van der Waals surface area contributed by atoms with Gasteiger partial charge in [0.1, 0.15) is 5.82 Å². The van der Waals surface area contributed by atoms with Crippen molar-refractivity contribution in [1.29, 1.82) is 0 Å². The molecule has 106 valence electrons. The lowest BCUT2D eigenvalue weighted by Gasteiger charge is -2.13. The molecule has 2 heterocycles. The first-order valence-electron chi connectivity index (χ1n) is 6.55. The molecule has 2 aromatic heterocycles. The molecule has 0 unspecified atom stereocenters. The van der Waals surface area contributed by atoms with Crippen LogP contribution in [0, 0.1) is 5.82 Å². The molecule has 0 amide bonds. The number of Topliss-reactive ketones (excluding diaryl/α,β-unsaturated/α-hetero) is 1. The first kappa shape index (κ1) is 13.8. The molecular weight excluding hydrogens is 291 g/mol. The zero-order valence-electron chi connectivity index (χ0n) is 11.3. The molecule has 3 aromatic rings. The van der Waals surface area contributed by atoms with Crippen LogP contribution in [0.5, 0.6) is 0 Å². The maximum absolute atomic E-state index is 13.5. The van der Waals surface area contributed by atoms with E-state index in [4.69, 9.17) is 11.6 Å². The van der Waals surface area contributed by atoms with Gasteiger partial charge in [-0.3, -0.25) is 9.20 Å². The lowest BCUT2D eigenvalue weighted by atomic mass is 10.0. The molecule has 0 saturated heterocycles. The number of carbonyl (C=O) groups is 1. The van der Waals surface area contributed by atoms with Gasteiger partial charge < -0.3 is 0 Å². The van der Waals surface area contributed by atoms with Crippen LogP contribution < -0.4 is 0 Å². The van der Waals surface area contributed by atoms with Gasteiger partial charge in [0.15, 0.2) is 5.78 Å². The number of pyridine rings is 1. The molecule has 0 saturated carbocycles. The third kappa shape index (κ3) is 2.32. The number of nitrogens with zero attached hydrogens (tertiary/aromatic N) is 2. The quantitative estimate of drug-likeness (QED) is 0.673. The highest BCUT2D eigenvalue weighted by Gasteiger charge is 2.18. The number of benzene rings is 1. The number of hydrogen-bond donors (Lipinski definition) is 0. The van der Waals surface area contributed by atoms with Gasteiger partial charge >= 0.3 is 0 Å². The standard InChI is InChI=1S/C16H12ClFN2O/c1-2-15(21)12-7-13(17)14-8-19-9-20(14)16(12)10-4-3-5-11(18)6-10/h3-9H,2H2,1H3. The first-order chi connectivity index (χ1) is 10.1. The van der Waals surface area contributed by atoms with Crippen LogP contribution >= 0.6 is 11.6 Å². The molecule has 0 aliphatic carbocycles. The second-order valence-corrected chi connectivity index (χ2v) is 5.10. The Morgan fingerprint density at radius 3 is 2.90 bits per heavy atom. The number of imidazole rings is 1. The summed E-state index contributed by atoms with van der Waals surface area (Å²) in [4.78, 5) is 16.3. The minimum absolute atomic E-state index is 0.0493. The summed E-state index contributed by atoms with van der Waals surface area (Å²) in [5.41, 5.74) is 2.38. The van der Waals surface area contributed by atoms with E-state index >= 15 is 0 Å². The maximum Gasteiger partial charge on any atom is 0.164 e. The van der Waals surface area contributed by atoms with Crippen molar-refractivity contribution in [1.82, 2.24) is 9.38 Å². The lowest BCUT2D eigenvalue weighted by molar-refractivity contribution is 0.0988. The van der Waals surface area contributed by atoms with Crippen molar-refractivity contribution >= 4 is 22.9 Å². The highest BCUT2D eigenvalue weighted by Crippen LogP contribution is 2.31. The van der Waals surface area contributed by atoms with Crippen molar-refractivity contribution in [2.45, 2.75) is 13.3 Å².